The van der Waals surface area contributed by atoms with Gasteiger partial charge in [-0.2, -0.15) is 0 Å². The van der Waals surface area contributed by atoms with Crippen molar-refractivity contribution in [1.82, 2.24) is 14.7 Å². The quantitative estimate of drug-likeness (QED) is 0.718. The second-order valence-electron chi connectivity index (χ2n) is 8.59. The zero-order valence-electron chi connectivity index (χ0n) is 14.8. The molecular weight excluding hydrogens is 336 g/mol. The lowest BCUT2D eigenvalue weighted by Crippen LogP contribution is -3.00. The van der Waals surface area contributed by atoms with Crippen molar-refractivity contribution in [2.24, 2.45) is 11.8 Å². The lowest BCUT2D eigenvalue weighted by atomic mass is 9.76. The number of likely N-dealkylation sites (tertiary alicyclic amines) is 1. The summed E-state index contributed by atoms with van der Waals surface area (Å²) in [6.07, 6.45) is 5.01. The summed E-state index contributed by atoms with van der Waals surface area (Å²) >= 11 is 1.91. The van der Waals surface area contributed by atoms with Crippen LogP contribution in [0.15, 0.2) is 0 Å². The first-order chi connectivity index (χ1) is 12.2. The van der Waals surface area contributed by atoms with Crippen molar-refractivity contribution < 1.29 is 14.9 Å². The van der Waals surface area contributed by atoms with Gasteiger partial charge in [0.2, 0.25) is 17.3 Å². The fourth-order valence-corrected chi connectivity index (χ4v) is 7.16. The SMILES string of the molecule is O=C1CC(CN2CC3CC(C2)C2CCCC(=O)N2C3)[NH2+]C2SCCN12. The molecule has 2 N–H and O–H groups in total. The Morgan fingerprint density at radius 2 is 2.04 bits per heavy atom. The second-order valence-corrected chi connectivity index (χ2v) is 9.82. The minimum Gasteiger partial charge on any atom is -0.339 e. The Morgan fingerprint density at radius 1 is 1.12 bits per heavy atom. The first-order valence-corrected chi connectivity index (χ1v) is 11.0. The molecule has 5 fully saturated rings. The number of nitrogens with two attached hydrogens (primary N) is 1. The minimum absolute atomic E-state index is 0.321. The minimum atomic E-state index is 0.321. The third-order valence-corrected chi connectivity index (χ3v) is 8.04. The Bertz CT molecular complexity index is 573. The molecule has 5 aliphatic heterocycles. The predicted molar refractivity (Wildman–Crippen MR) is 95.7 cm³/mol. The number of carbonyl (C=O) groups excluding carboxylic acids is 2. The third-order valence-electron chi connectivity index (χ3n) is 6.87. The van der Waals surface area contributed by atoms with Gasteiger partial charge >= 0.3 is 0 Å². The molecule has 5 unspecified atom stereocenters. The number of quaternary nitrogens is 1. The summed E-state index contributed by atoms with van der Waals surface area (Å²) in [5, 5.41) is 2.43. The van der Waals surface area contributed by atoms with Gasteiger partial charge in [0.05, 0.1) is 13.0 Å². The van der Waals surface area contributed by atoms with E-state index in [0.29, 0.717) is 47.7 Å². The second kappa shape index (κ2) is 6.43. The van der Waals surface area contributed by atoms with E-state index in [0.717, 1.165) is 51.3 Å². The molecule has 5 atom stereocenters. The van der Waals surface area contributed by atoms with Gasteiger partial charge in [0, 0.05) is 44.4 Å². The molecule has 0 saturated carbocycles. The van der Waals surface area contributed by atoms with Crippen molar-refractivity contribution >= 4 is 23.6 Å². The van der Waals surface area contributed by atoms with Gasteiger partial charge < -0.3 is 10.2 Å². The maximum absolute atomic E-state index is 12.4. The molecule has 6 nitrogen and oxygen atoms in total. The zero-order chi connectivity index (χ0) is 17.0. The summed E-state index contributed by atoms with van der Waals surface area (Å²) in [7, 11) is 0. The van der Waals surface area contributed by atoms with E-state index in [2.05, 4.69) is 20.0 Å². The van der Waals surface area contributed by atoms with Gasteiger partial charge in [-0.3, -0.25) is 19.4 Å². The van der Waals surface area contributed by atoms with Gasteiger partial charge in [0.15, 0.2) is 0 Å². The Labute approximate surface area is 153 Å². The Morgan fingerprint density at radius 3 is 2.96 bits per heavy atom. The van der Waals surface area contributed by atoms with E-state index in [-0.39, 0.29) is 0 Å². The van der Waals surface area contributed by atoms with Crippen molar-refractivity contribution in [2.75, 3.05) is 38.5 Å². The first kappa shape index (κ1) is 16.4. The molecule has 0 spiro atoms. The smallest absolute Gasteiger partial charge is 0.233 e. The molecule has 0 aromatic heterocycles. The van der Waals surface area contributed by atoms with E-state index in [1.165, 1.54) is 12.8 Å². The molecule has 5 aliphatic rings. The highest BCUT2D eigenvalue weighted by Crippen LogP contribution is 2.38. The van der Waals surface area contributed by atoms with Crippen LogP contribution in [-0.2, 0) is 9.59 Å². The summed E-state index contributed by atoms with van der Waals surface area (Å²) in [5.41, 5.74) is 0.321. The summed E-state index contributed by atoms with van der Waals surface area (Å²) in [6.45, 7) is 5.15. The normalized spacial score (nSPS) is 41.7. The monoisotopic (exact) mass is 365 g/mol. The van der Waals surface area contributed by atoms with Crippen LogP contribution in [0.2, 0.25) is 0 Å². The summed E-state index contributed by atoms with van der Waals surface area (Å²) in [4.78, 5) is 31.5. The van der Waals surface area contributed by atoms with Gasteiger partial charge in [-0.1, -0.05) is 11.8 Å². The van der Waals surface area contributed by atoms with Gasteiger partial charge in [-0.05, 0) is 31.1 Å². The first-order valence-electron chi connectivity index (χ1n) is 9.95. The van der Waals surface area contributed by atoms with Crippen LogP contribution in [-0.4, -0.2) is 82.6 Å². The highest BCUT2D eigenvalue weighted by Gasteiger charge is 2.46. The average molecular weight is 366 g/mol. The standard InChI is InChI=1S/C18H28N4O2S/c23-16-3-1-2-15-13-6-12(9-22(15)16)8-20(10-13)11-14-7-17(24)21-4-5-25-18(21)19-14/h12-15,18-19H,1-11H2/p+1. The molecule has 25 heavy (non-hydrogen) atoms. The van der Waals surface area contributed by atoms with E-state index in [4.69, 9.17) is 0 Å². The summed E-state index contributed by atoms with van der Waals surface area (Å²) < 4.78 is 0. The molecular formula is C18H29N4O2S+. The van der Waals surface area contributed by atoms with Gasteiger partial charge in [0.1, 0.15) is 6.04 Å². The number of hydrogen-bond acceptors (Lipinski definition) is 4. The van der Waals surface area contributed by atoms with Crippen LogP contribution in [0, 0.1) is 11.8 Å². The number of piperidine rings is 3. The van der Waals surface area contributed by atoms with E-state index < -0.39 is 0 Å². The van der Waals surface area contributed by atoms with Crippen LogP contribution >= 0.6 is 11.8 Å². The van der Waals surface area contributed by atoms with Crippen LogP contribution < -0.4 is 5.32 Å². The Kier molecular flexibility index (Phi) is 4.21. The van der Waals surface area contributed by atoms with Crippen molar-refractivity contribution in [2.45, 2.75) is 49.7 Å². The van der Waals surface area contributed by atoms with Crippen molar-refractivity contribution in [1.29, 1.82) is 0 Å². The number of rotatable bonds is 2. The summed E-state index contributed by atoms with van der Waals surface area (Å²) in [5.74, 6) is 3.11. The van der Waals surface area contributed by atoms with Crippen molar-refractivity contribution in [3.8, 4) is 0 Å². The van der Waals surface area contributed by atoms with Crippen LogP contribution in [0.4, 0.5) is 0 Å². The van der Waals surface area contributed by atoms with Gasteiger partial charge in [0.25, 0.3) is 0 Å². The maximum atomic E-state index is 12.4. The third kappa shape index (κ3) is 2.98. The van der Waals surface area contributed by atoms with E-state index >= 15 is 0 Å². The number of hydrogen-bond donors (Lipinski definition) is 1. The predicted octanol–water partition coefficient (Wildman–Crippen LogP) is -0.486. The molecule has 5 rings (SSSR count). The number of fused-ring (bicyclic) bond motifs is 5. The highest BCUT2D eigenvalue weighted by molar-refractivity contribution is 7.99. The van der Waals surface area contributed by atoms with E-state index in [1.807, 2.05) is 11.8 Å². The van der Waals surface area contributed by atoms with Gasteiger partial charge in [-0.15, -0.1) is 0 Å². The van der Waals surface area contributed by atoms with Crippen molar-refractivity contribution in [3.05, 3.63) is 0 Å². The molecule has 0 aromatic rings. The lowest BCUT2D eigenvalue weighted by Gasteiger charge is -2.52. The Hall–Kier alpha value is -0.790. The topological polar surface area (TPSA) is 60.5 Å². The molecule has 5 saturated heterocycles. The zero-order valence-corrected chi connectivity index (χ0v) is 15.6. The van der Waals surface area contributed by atoms with Crippen LogP contribution in [0.1, 0.15) is 32.1 Å². The fraction of sp³-hybridized carbons (Fsp3) is 0.889. The molecule has 2 amide bonds. The molecule has 0 radical (unpaired) electrons. The van der Waals surface area contributed by atoms with Crippen LogP contribution in [0.25, 0.3) is 0 Å². The van der Waals surface area contributed by atoms with Crippen LogP contribution in [0.3, 0.4) is 0 Å². The number of thioether (sulfide) groups is 1. The lowest BCUT2D eigenvalue weighted by molar-refractivity contribution is -0.719. The van der Waals surface area contributed by atoms with Crippen molar-refractivity contribution in [3.63, 3.8) is 0 Å². The molecule has 0 aromatic carbocycles. The summed E-state index contributed by atoms with van der Waals surface area (Å²) in [6, 6.07) is 0.889. The van der Waals surface area contributed by atoms with Gasteiger partial charge in [-0.25, -0.2) is 0 Å². The number of nitrogens with zero attached hydrogens (tertiary/aromatic N) is 3. The molecule has 7 heteroatoms. The molecule has 2 bridgehead atoms. The van der Waals surface area contributed by atoms with E-state index in [9.17, 15) is 9.59 Å². The number of carbonyl (C=O) groups is 2. The maximum Gasteiger partial charge on any atom is 0.233 e. The Balaban J connectivity index is 1.23. The molecule has 5 heterocycles. The molecule has 138 valence electrons. The fourth-order valence-electron chi connectivity index (χ4n) is 5.88. The van der Waals surface area contributed by atoms with Crippen LogP contribution in [0.5, 0.6) is 0 Å². The molecule has 0 aliphatic carbocycles. The average Bonchev–Trinajstić information content (AvgIpc) is 3.05. The number of amides is 2. The highest BCUT2D eigenvalue weighted by atomic mass is 32.2. The largest absolute Gasteiger partial charge is 0.339 e. The van der Waals surface area contributed by atoms with E-state index in [1.54, 1.807) is 0 Å².